The van der Waals surface area contributed by atoms with Gasteiger partial charge in [-0.2, -0.15) is 0 Å². The van der Waals surface area contributed by atoms with Gasteiger partial charge in [-0.3, -0.25) is 14.3 Å². The van der Waals surface area contributed by atoms with Crippen LogP contribution in [-0.2, 0) is 5.75 Å². The van der Waals surface area contributed by atoms with Gasteiger partial charge in [0, 0.05) is 41.0 Å². The van der Waals surface area contributed by atoms with E-state index in [9.17, 15) is 4.79 Å². The van der Waals surface area contributed by atoms with Crippen LogP contribution in [0, 0.1) is 0 Å². The minimum Gasteiger partial charge on any atom is -0.497 e. The van der Waals surface area contributed by atoms with Crippen LogP contribution in [0.5, 0.6) is 5.75 Å². The number of carbonyl (C=O) groups is 1. The van der Waals surface area contributed by atoms with Crippen molar-refractivity contribution in [1.82, 2.24) is 25.1 Å². The zero-order valence-electron chi connectivity index (χ0n) is 18.1. The monoisotopic (exact) mass is 457 g/mol. The van der Waals surface area contributed by atoms with E-state index in [4.69, 9.17) is 4.74 Å². The molecule has 0 bridgehead atoms. The van der Waals surface area contributed by atoms with Crippen LogP contribution in [0.2, 0.25) is 0 Å². The van der Waals surface area contributed by atoms with Crippen molar-refractivity contribution in [3.8, 4) is 22.8 Å². The summed E-state index contributed by atoms with van der Waals surface area (Å²) < 4.78 is 7.34. The average molecular weight is 458 g/mol. The lowest BCUT2D eigenvalue weighted by atomic mass is 10.1. The number of nitrogens with one attached hydrogen (secondary N) is 1. The predicted molar refractivity (Wildman–Crippen MR) is 128 cm³/mol. The molecule has 33 heavy (non-hydrogen) atoms. The molecule has 0 atom stereocenters. The van der Waals surface area contributed by atoms with E-state index in [2.05, 4.69) is 20.5 Å². The van der Waals surface area contributed by atoms with Gasteiger partial charge in [-0.05, 0) is 66.9 Å². The van der Waals surface area contributed by atoms with Crippen molar-refractivity contribution in [2.45, 2.75) is 29.8 Å². The summed E-state index contributed by atoms with van der Waals surface area (Å²) in [4.78, 5) is 16.3. The van der Waals surface area contributed by atoms with Crippen LogP contribution in [0.4, 0.5) is 0 Å². The molecule has 0 radical (unpaired) electrons. The zero-order chi connectivity index (χ0) is 22.6. The molecule has 0 unspecified atom stereocenters. The molecule has 1 fully saturated rings. The lowest BCUT2D eigenvalue weighted by Crippen LogP contribution is -2.25. The molecule has 4 aromatic rings. The number of pyridine rings is 1. The lowest BCUT2D eigenvalue weighted by Gasteiger charge is -2.11. The number of methoxy groups -OCH3 is 1. The fourth-order valence-corrected chi connectivity index (χ4v) is 4.32. The first-order chi connectivity index (χ1) is 16.2. The van der Waals surface area contributed by atoms with Crippen molar-refractivity contribution >= 4 is 17.7 Å². The molecule has 166 valence electrons. The van der Waals surface area contributed by atoms with E-state index in [1.54, 1.807) is 31.3 Å². The maximum absolute atomic E-state index is 12.2. The summed E-state index contributed by atoms with van der Waals surface area (Å²) in [5.41, 5.74) is 3.68. The summed E-state index contributed by atoms with van der Waals surface area (Å²) >= 11 is 1.60. The largest absolute Gasteiger partial charge is 0.497 e. The number of aromatic nitrogens is 4. The maximum Gasteiger partial charge on any atom is 0.251 e. The van der Waals surface area contributed by atoms with Gasteiger partial charge in [0.1, 0.15) is 5.75 Å². The molecule has 2 heterocycles. The van der Waals surface area contributed by atoms with Crippen molar-refractivity contribution in [2.75, 3.05) is 7.11 Å². The van der Waals surface area contributed by atoms with E-state index in [-0.39, 0.29) is 5.91 Å². The highest BCUT2D eigenvalue weighted by molar-refractivity contribution is 7.98. The van der Waals surface area contributed by atoms with Crippen molar-refractivity contribution in [2.24, 2.45) is 0 Å². The standard InChI is InChI=1S/C25H23N5O2S/c1-32-22-10-8-21(9-11-22)30-23(18-12-14-26-15-13-18)28-29-25(30)33-16-17-2-4-19(5-3-17)24(31)27-20-6-7-20/h2-5,8-15,20H,6-7,16H2,1H3,(H,27,31). The second-order valence-corrected chi connectivity index (χ2v) is 8.75. The van der Waals surface area contributed by atoms with Crippen LogP contribution in [0.3, 0.4) is 0 Å². The SMILES string of the molecule is COc1ccc(-n2c(SCc3ccc(C(=O)NC4CC4)cc3)nnc2-c2ccncc2)cc1. The normalized spacial score (nSPS) is 13.0. The summed E-state index contributed by atoms with van der Waals surface area (Å²) in [7, 11) is 1.65. The van der Waals surface area contributed by atoms with E-state index >= 15 is 0 Å². The molecular weight excluding hydrogens is 434 g/mol. The van der Waals surface area contributed by atoms with Gasteiger partial charge in [-0.25, -0.2) is 0 Å². The van der Waals surface area contributed by atoms with Crippen molar-refractivity contribution < 1.29 is 9.53 Å². The summed E-state index contributed by atoms with van der Waals surface area (Å²) in [5.74, 6) is 2.24. The van der Waals surface area contributed by atoms with Crippen LogP contribution in [0.1, 0.15) is 28.8 Å². The highest BCUT2D eigenvalue weighted by Gasteiger charge is 2.23. The van der Waals surface area contributed by atoms with Gasteiger partial charge < -0.3 is 10.1 Å². The highest BCUT2D eigenvalue weighted by Crippen LogP contribution is 2.30. The van der Waals surface area contributed by atoms with Gasteiger partial charge in [-0.15, -0.1) is 10.2 Å². The first-order valence-corrected chi connectivity index (χ1v) is 11.7. The van der Waals surface area contributed by atoms with Crippen LogP contribution in [0.15, 0.2) is 78.2 Å². The third-order valence-corrected chi connectivity index (χ3v) is 6.40. The maximum atomic E-state index is 12.2. The molecule has 2 aromatic carbocycles. The summed E-state index contributed by atoms with van der Waals surface area (Å²) in [6.07, 6.45) is 5.65. The summed E-state index contributed by atoms with van der Waals surface area (Å²) in [6.45, 7) is 0. The Morgan fingerprint density at radius 2 is 1.76 bits per heavy atom. The molecule has 0 saturated heterocycles. The van der Waals surface area contributed by atoms with Gasteiger partial charge in [0.25, 0.3) is 5.91 Å². The Labute approximate surface area is 196 Å². The molecule has 2 aromatic heterocycles. The first kappa shape index (κ1) is 21.2. The van der Waals surface area contributed by atoms with E-state index < -0.39 is 0 Å². The fourth-order valence-electron chi connectivity index (χ4n) is 3.41. The van der Waals surface area contributed by atoms with Crippen molar-refractivity contribution in [1.29, 1.82) is 0 Å². The van der Waals surface area contributed by atoms with Crippen LogP contribution < -0.4 is 10.1 Å². The van der Waals surface area contributed by atoms with Crippen LogP contribution >= 0.6 is 11.8 Å². The molecule has 1 saturated carbocycles. The second-order valence-electron chi connectivity index (χ2n) is 7.81. The quantitative estimate of drug-likeness (QED) is 0.392. The van der Waals surface area contributed by atoms with Gasteiger partial charge in [0.05, 0.1) is 7.11 Å². The third-order valence-electron chi connectivity index (χ3n) is 5.40. The van der Waals surface area contributed by atoms with Gasteiger partial charge in [-0.1, -0.05) is 23.9 Å². The Morgan fingerprint density at radius 1 is 1.03 bits per heavy atom. The second kappa shape index (κ2) is 9.46. The number of amides is 1. The number of rotatable bonds is 8. The van der Waals surface area contributed by atoms with Crippen LogP contribution in [0.25, 0.3) is 17.1 Å². The Hall–Kier alpha value is -3.65. The minimum atomic E-state index is -0.00190. The Kier molecular flexibility index (Phi) is 6.08. The molecule has 8 heteroatoms. The molecule has 0 aliphatic heterocycles. The number of hydrogen-bond donors (Lipinski definition) is 1. The number of ether oxygens (including phenoxy) is 1. The first-order valence-electron chi connectivity index (χ1n) is 10.7. The average Bonchev–Trinajstić information content (AvgIpc) is 3.59. The Morgan fingerprint density at radius 3 is 2.42 bits per heavy atom. The van der Waals surface area contributed by atoms with Crippen molar-refractivity contribution in [3.63, 3.8) is 0 Å². The topological polar surface area (TPSA) is 81.9 Å². The number of benzene rings is 2. The minimum absolute atomic E-state index is 0.00190. The number of carbonyl (C=O) groups excluding carboxylic acids is 1. The summed E-state index contributed by atoms with van der Waals surface area (Å²) in [6, 6.07) is 19.8. The van der Waals surface area contributed by atoms with Gasteiger partial charge in [0.15, 0.2) is 11.0 Å². The Bertz CT molecular complexity index is 1240. The molecule has 1 aliphatic carbocycles. The van der Waals surface area contributed by atoms with Gasteiger partial charge >= 0.3 is 0 Å². The lowest BCUT2D eigenvalue weighted by molar-refractivity contribution is 0.0951. The molecule has 5 rings (SSSR count). The predicted octanol–water partition coefficient (Wildman–Crippen LogP) is 4.52. The van der Waals surface area contributed by atoms with E-state index in [1.807, 2.05) is 65.2 Å². The van der Waals surface area contributed by atoms with E-state index in [0.717, 1.165) is 46.4 Å². The molecule has 7 nitrogen and oxygen atoms in total. The van der Waals surface area contributed by atoms with Crippen molar-refractivity contribution in [3.05, 3.63) is 84.2 Å². The van der Waals surface area contributed by atoms with E-state index in [1.165, 1.54) is 0 Å². The van der Waals surface area contributed by atoms with E-state index in [0.29, 0.717) is 17.4 Å². The molecule has 0 spiro atoms. The molecular formula is C25H23N5O2S. The van der Waals surface area contributed by atoms with Crippen LogP contribution in [-0.4, -0.2) is 38.8 Å². The third kappa shape index (κ3) is 4.90. The Balaban J connectivity index is 1.38. The fraction of sp³-hybridized carbons (Fsp3) is 0.200. The molecule has 1 N–H and O–H groups in total. The number of thioether (sulfide) groups is 1. The zero-order valence-corrected chi connectivity index (χ0v) is 19.0. The molecule has 1 aliphatic rings. The number of nitrogens with zero attached hydrogens (tertiary/aromatic N) is 4. The molecule has 1 amide bonds. The smallest absolute Gasteiger partial charge is 0.251 e. The highest BCUT2D eigenvalue weighted by atomic mass is 32.2. The summed E-state index contributed by atoms with van der Waals surface area (Å²) in [5, 5.41) is 12.7. The number of hydrogen-bond acceptors (Lipinski definition) is 6. The van der Waals surface area contributed by atoms with Gasteiger partial charge in [0.2, 0.25) is 0 Å².